The first-order chi connectivity index (χ1) is 8.20. The molecule has 0 bridgehead atoms. The van der Waals surface area contributed by atoms with Crippen LogP contribution in [0.25, 0.3) is 0 Å². The standard InChI is InChI=1S/C15H30NO2/c1-13(2)8-7-9-14(3)10-11-18-15(17)12-16(4,5)6/h8,14H,7,9-12H2,1-6H3/q+1. The molecule has 0 aliphatic heterocycles. The van der Waals surface area contributed by atoms with Gasteiger partial charge in [0, 0.05) is 0 Å². The van der Waals surface area contributed by atoms with E-state index in [0.29, 0.717) is 23.6 Å². The first-order valence-electron chi connectivity index (χ1n) is 6.80. The molecule has 0 aromatic rings. The molecular weight excluding hydrogens is 226 g/mol. The van der Waals surface area contributed by atoms with Gasteiger partial charge in [-0.25, -0.2) is 4.79 Å². The number of likely N-dealkylation sites (N-methyl/N-ethyl adjacent to an activating group) is 1. The smallest absolute Gasteiger partial charge is 0.361 e. The first kappa shape index (κ1) is 17.2. The zero-order valence-electron chi connectivity index (χ0n) is 13.0. The summed E-state index contributed by atoms with van der Waals surface area (Å²) >= 11 is 0. The SMILES string of the molecule is CC(C)=CCCC(C)CCOC(=O)C[N+](C)(C)C. The zero-order chi connectivity index (χ0) is 14.2. The molecule has 0 aromatic carbocycles. The predicted molar refractivity (Wildman–Crippen MR) is 76.3 cm³/mol. The largest absolute Gasteiger partial charge is 0.462 e. The normalized spacial score (nSPS) is 13.0. The highest BCUT2D eigenvalue weighted by molar-refractivity contribution is 5.70. The van der Waals surface area contributed by atoms with E-state index in [4.69, 9.17) is 4.74 Å². The lowest BCUT2D eigenvalue weighted by Gasteiger charge is -2.22. The fourth-order valence-electron chi connectivity index (χ4n) is 1.61. The number of ether oxygens (including phenoxy) is 1. The maximum absolute atomic E-state index is 11.5. The Morgan fingerprint density at radius 1 is 1.22 bits per heavy atom. The number of hydrogen-bond donors (Lipinski definition) is 0. The Morgan fingerprint density at radius 3 is 2.33 bits per heavy atom. The predicted octanol–water partition coefficient (Wildman–Crippen LogP) is 3.01. The van der Waals surface area contributed by atoms with Crippen LogP contribution < -0.4 is 0 Å². The summed E-state index contributed by atoms with van der Waals surface area (Å²) in [6.45, 7) is 7.45. The number of carbonyl (C=O) groups is 1. The van der Waals surface area contributed by atoms with E-state index in [9.17, 15) is 4.79 Å². The van der Waals surface area contributed by atoms with Crippen molar-refractivity contribution in [3.05, 3.63) is 11.6 Å². The van der Waals surface area contributed by atoms with E-state index in [1.54, 1.807) is 0 Å². The first-order valence-corrected chi connectivity index (χ1v) is 6.80. The van der Waals surface area contributed by atoms with Crippen LogP contribution in [0, 0.1) is 5.92 Å². The zero-order valence-corrected chi connectivity index (χ0v) is 13.0. The van der Waals surface area contributed by atoms with Crippen LogP contribution in [-0.4, -0.2) is 44.7 Å². The lowest BCUT2D eigenvalue weighted by molar-refractivity contribution is -0.862. The van der Waals surface area contributed by atoms with Gasteiger partial charge < -0.3 is 9.22 Å². The molecule has 0 spiro atoms. The van der Waals surface area contributed by atoms with Crippen molar-refractivity contribution in [1.29, 1.82) is 0 Å². The Balaban J connectivity index is 3.65. The summed E-state index contributed by atoms with van der Waals surface area (Å²) in [5.74, 6) is 0.511. The highest BCUT2D eigenvalue weighted by Gasteiger charge is 2.15. The molecule has 0 heterocycles. The third-order valence-electron chi connectivity index (χ3n) is 2.69. The summed E-state index contributed by atoms with van der Waals surface area (Å²) in [7, 11) is 5.97. The van der Waals surface area contributed by atoms with Crippen molar-refractivity contribution in [1.82, 2.24) is 0 Å². The number of carbonyl (C=O) groups excluding carboxylic acids is 1. The second-order valence-corrected chi connectivity index (χ2v) is 6.42. The van der Waals surface area contributed by atoms with E-state index in [0.717, 1.165) is 19.3 Å². The van der Waals surface area contributed by atoms with Gasteiger partial charge >= 0.3 is 5.97 Å². The molecule has 3 nitrogen and oxygen atoms in total. The van der Waals surface area contributed by atoms with Gasteiger partial charge in [0.25, 0.3) is 0 Å². The molecule has 1 atom stereocenters. The average Bonchev–Trinajstić information content (AvgIpc) is 2.13. The number of quaternary nitrogens is 1. The van der Waals surface area contributed by atoms with Crippen LogP contribution >= 0.6 is 0 Å². The van der Waals surface area contributed by atoms with E-state index >= 15 is 0 Å². The van der Waals surface area contributed by atoms with E-state index in [1.165, 1.54) is 5.57 Å². The maximum atomic E-state index is 11.5. The van der Waals surface area contributed by atoms with Crippen molar-refractivity contribution in [3.8, 4) is 0 Å². The van der Waals surface area contributed by atoms with Gasteiger partial charge in [0.1, 0.15) is 0 Å². The van der Waals surface area contributed by atoms with E-state index in [-0.39, 0.29) is 5.97 Å². The Morgan fingerprint density at radius 2 is 1.83 bits per heavy atom. The topological polar surface area (TPSA) is 26.3 Å². The summed E-state index contributed by atoms with van der Waals surface area (Å²) in [4.78, 5) is 11.5. The van der Waals surface area contributed by atoms with Crippen molar-refractivity contribution in [2.45, 2.75) is 40.0 Å². The fraction of sp³-hybridized carbons (Fsp3) is 0.800. The van der Waals surface area contributed by atoms with E-state index in [2.05, 4.69) is 26.8 Å². The average molecular weight is 256 g/mol. The highest BCUT2D eigenvalue weighted by atomic mass is 16.5. The third-order valence-corrected chi connectivity index (χ3v) is 2.69. The molecule has 0 fully saturated rings. The molecule has 0 N–H and O–H groups in total. The lowest BCUT2D eigenvalue weighted by atomic mass is 10.0. The summed E-state index contributed by atoms with van der Waals surface area (Å²) < 4.78 is 5.87. The van der Waals surface area contributed by atoms with Gasteiger partial charge in [-0.05, 0) is 39.0 Å². The molecule has 0 rings (SSSR count). The minimum absolute atomic E-state index is 0.0981. The van der Waals surface area contributed by atoms with Crippen LogP contribution in [0.1, 0.15) is 40.0 Å². The van der Waals surface area contributed by atoms with Crippen LogP contribution in [0.2, 0.25) is 0 Å². The van der Waals surface area contributed by atoms with Gasteiger partial charge in [0.2, 0.25) is 0 Å². The van der Waals surface area contributed by atoms with Crippen LogP contribution in [0.15, 0.2) is 11.6 Å². The number of esters is 1. The van der Waals surface area contributed by atoms with Crippen molar-refractivity contribution in [3.63, 3.8) is 0 Å². The second kappa shape index (κ2) is 8.30. The summed E-state index contributed by atoms with van der Waals surface area (Å²) in [5.41, 5.74) is 1.37. The molecule has 0 amide bonds. The molecule has 0 saturated carbocycles. The van der Waals surface area contributed by atoms with Crippen LogP contribution in [0.4, 0.5) is 0 Å². The quantitative estimate of drug-likeness (QED) is 0.379. The molecule has 106 valence electrons. The van der Waals surface area contributed by atoms with Gasteiger partial charge in [-0.15, -0.1) is 0 Å². The molecule has 0 aliphatic carbocycles. The Hall–Kier alpha value is -0.830. The molecular formula is C15H30NO2+. The van der Waals surface area contributed by atoms with Gasteiger partial charge in [0.15, 0.2) is 6.54 Å². The summed E-state index contributed by atoms with van der Waals surface area (Å²) in [6.07, 6.45) is 5.51. The van der Waals surface area contributed by atoms with Crippen LogP contribution in [0.5, 0.6) is 0 Å². The van der Waals surface area contributed by atoms with Crippen LogP contribution in [-0.2, 0) is 9.53 Å². The van der Waals surface area contributed by atoms with E-state index in [1.807, 2.05) is 21.1 Å². The lowest BCUT2D eigenvalue weighted by Crippen LogP contribution is -2.40. The Kier molecular flexibility index (Phi) is 7.92. The number of nitrogens with zero attached hydrogens (tertiary/aromatic N) is 1. The minimum Gasteiger partial charge on any atom is -0.462 e. The van der Waals surface area contributed by atoms with Gasteiger partial charge in [0.05, 0.1) is 27.7 Å². The minimum atomic E-state index is -0.0981. The van der Waals surface area contributed by atoms with Gasteiger partial charge in [-0.2, -0.15) is 0 Å². The third kappa shape index (κ3) is 11.6. The Bertz CT molecular complexity index is 273. The van der Waals surface area contributed by atoms with Crippen molar-refractivity contribution >= 4 is 5.97 Å². The number of allylic oxidation sites excluding steroid dienone is 2. The highest BCUT2D eigenvalue weighted by Crippen LogP contribution is 2.11. The van der Waals surface area contributed by atoms with Crippen molar-refractivity contribution < 1.29 is 14.0 Å². The fourth-order valence-corrected chi connectivity index (χ4v) is 1.61. The van der Waals surface area contributed by atoms with Gasteiger partial charge in [-0.1, -0.05) is 18.6 Å². The van der Waals surface area contributed by atoms with Gasteiger partial charge in [-0.3, -0.25) is 0 Å². The molecule has 0 radical (unpaired) electrons. The van der Waals surface area contributed by atoms with Crippen LogP contribution in [0.3, 0.4) is 0 Å². The molecule has 3 heteroatoms. The molecule has 0 aromatic heterocycles. The number of hydrogen-bond acceptors (Lipinski definition) is 2. The second-order valence-electron chi connectivity index (χ2n) is 6.42. The summed E-state index contributed by atoms with van der Waals surface area (Å²) in [6, 6.07) is 0. The Labute approximate surface area is 112 Å². The molecule has 0 aliphatic rings. The van der Waals surface area contributed by atoms with Crippen molar-refractivity contribution in [2.75, 3.05) is 34.3 Å². The molecule has 1 unspecified atom stereocenters. The monoisotopic (exact) mass is 256 g/mol. The maximum Gasteiger partial charge on any atom is 0.361 e. The molecule has 0 saturated heterocycles. The van der Waals surface area contributed by atoms with E-state index < -0.39 is 0 Å². The molecule has 18 heavy (non-hydrogen) atoms. The summed E-state index contributed by atoms with van der Waals surface area (Å²) in [5, 5.41) is 0. The number of rotatable bonds is 8. The van der Waals surface area contributed by atoms with Crippen molar-refractivity contribution in [2.24, 2.45) is 5.92 Å².